The number of pyridine rings is 1. The van der Waals surface area contributed by atoms with E-state index in [0.717, 1.165) is 23.9 Å². The van der Waals surface area contributed by atoms with E-state index in [0.29, 0.717) is 11.3 Å². The summed E-state index contributed by atoms with van der Waals surface area (Å²) >= 11 is 0. The van der Waals surface area contributed by atoms with Crippen molar-refractivity contribution in [2.75, 3.05) is 12.4 Å². The Bertz CT molecular complexity index is 1250. The number of nitrogens with one attached hydrogen (secondary N) is 1. The molecule has 0 unspecified atom stereocenters. The Hall–Kier alpha value is -4.60. The average Bonchev–Trinajstić information content (AvgIpc) is 2.80. The van der Waals surface area contributed by atoms with Gasteiger partial charge in [0.1, 0.15) is 0 Å². The van der Waals surface area contributed by atoms with Crippen molar-refractivity contribution in [2.45, 2.75) is 6.54 Å². The molecule has 1 N–H and O–H groups in total. The highest BCUT2D eigenvalue weighted by Gasteiger charge is 2.21. The molecular weight excluding hydrogens is 418 g/mol. The van der Waals surface area contributed by atoms with Gasteiger partial charge in [-0.2, -0.15) is 0 Å². The minimum atomic E-state index is -1.03. The number of nitrogens with zero attached hydrogens (tertiary/aromatic N) is 2. The number of ether oxygens (including phenoxy) is 1. The van der Waals surface area contributed by atoms with Gasteiger partial charge < -0.3 is 14.6 Å². The summed E-state index contributed by atoms with van der Waals surface area (Å²) in [7, 11) is 1.09. The molecule has 0 spiro atoms. The third-order valence-corrected chi connectivity index (χ3v) is 4.50. The van der Waals surface area contributed by atoms with Crippen LogP contribution in [0.1, 0.15) is 31.1 Å². The van der Waals surface area contributed by atoms with Crippen LogP contribution in [0.2, 0.25) is 0 Å². The molecule has 0 radical (unpaired) electrons. The molecule has 2 aromatic carbocycles. The second-order valence-corrected chi connectivity index (χ2v) is 6.62. The summed E-state index contributed by atoms with van der Waals surface area (Å²) in [6, 6.07) is 15.3. The standard InChI is InChI=1S/C22H17N3O7/c1-32-22(29)16-11-18(25(30)31)21(28)24(12-16)13-19(26)14-7-9-17(10-8-14)23-20(27)15-5-3-2-4-6-15/h2-12H,13H2,1H3,(H,23,27). The molecule has 0 aliphatic heterocycles. The summed E-state index contributed by atoms with van der Waals surface area (Å²) in [6.45, 7) is -0.528. The van der Waals surface area contributed by atoms with E-state index >= 15 is 0 Å². The Morgan fingerprint density at radius 1 is 1.00 bits per heavy atom. The molecule has 1 heterocycles. The molecule has 3 aromatic rings. The van der Waals surface area contributed by atoms with Crippen LogP contribution in [-0.2, 0) is 11.3 Å². The van der Waals surface area contributed by atoms with Gasteiger partial charge in [0.15, 0.2) is 5.78 Å². The summed E-state index contributed by atoms with van der Waals surface area (Å²) < 4.78 is 5.33. The van der Waals surface area contributed by atoms with E-state index in [2.05, 4.69) is 10.1 Å². The number of carbonyl (C=O) groups is 3. The van der Waals surface area contributed by atoms with Crippen molar-refractivity contribution in [3.05, 3.63) is 104 Å². The number of hydrogen-bond donors (Lipinski definition) is 1. The van der Waals surface area contributed by atoms with Crippen LogP contribution < -0.4 is 10.9 Å². The van der Waals surface area contributed by atoms with E-state index in [-0.39, 0.29) is 17.0 Å². The number of aromatic nitrogens is 1. The monoisotopic (exact) mass is 435 g/mol. The van der Waals surface area contributed by atoms with Crippen molar-refractivity contribution < 1.29 is 24.0 Å². The first-order valence-electron chi connectivity index (χ1n) is 9.27. The fourth-order valence-corrected chi connectivity index (χ4v) is 2.88. The predicted octanol–water partition coefficient (Wildman–Crippen LogP) is 2.68. The molecule has 0 aliphatic carbocycles. The summed E-state index contributed by atoms with van der Waals surface area (Å²) in [4.78, 5) is 59.1. The van der Waals surface area contributed by atoms with E-state index in [1.54, 1.807) is 30.3 Å². The maximum atomic E-state index is 12.6. The third kappa shape index (κ3) is 4.93. The molecule has 32 heavy (non-hydrogen) atoms. The van der Waals surface area contributed by atoms with Crippen LogP contribution in [0.4, 0.5) is 11.4 Å². The summed E-state index contributed by atoms with van der Waals surface area (Å²) in [5, 5.41) is 13.8. The largest absolute Gasteiger partial charge is 0.465 e. The van der Waals surface area contributed by atoms with Crippen molar-refractivity contribution in [3.63, 3.8) is 0 Å². The van der Waals surface area contributed by atoms with Crippen LogP contribution in [-0.4, -0.2) is 34.3 Å². The number of anilines is 1. The summed E-state index contributed by atoms with van der Waals surface area (Å²) in [6.07, 6.45) is 1.04. The van der Waals surface area contributed by atoms with E-state index in [4.69, 9.17) is 0 Å². The maximum absolute atomic E-state index is 12.6. The van der Waals surface area contributed by atoms with E-state index in [1.807, 2.05) is 0 Å². The van der Waals surface area contributed by atoms with Gasteiger partial charge in [-0.1, -0.05) is 18.2 Å². The van der Waals surface area contributed by atoms with Crippen molar-refractivity contribution in [1.29, 1.82) is 0 Å². The summed E-state index contributed by atoms with van der Waals surface area (Å²) in [5.74, 6) is -1.72. The minimum Gasteiger partial charge on any atom is -0.465 e. The van der Waals surface area contributed by atoms with Gasteiger partial charge in [-0.15, -0.1) is 0 Å². The molecule has 0 aliphatic rings. The van der Waals surface area contributed by atoms with Crippen LogP contribution in [0.25, 0.3) is 0 Å². The lowest BCUT2D eigenvalue weighted by Gasteiger charge is -2.09. The molecule has 0 bridgehead atoms. The van der Waals surface area contributed by atoms with Gasteiger partial charge in [0, 0.05) is 29.1 Å². The zero-order valence-electron chi connectivity index (χ0n) is 16.8. The van der Waals surface area contributed by atoms with Crippen molar-refractivity contribution in [2.24, 2.45) is 0 Å². The van der Waals surface area contributed by atoms with Gasteiger partial charge in [-0.05, 0) is 36.4 Å². The van der Waals surface area contributed by atoms with Crippen molar-refractivity contribution in [1.82, 2.24) is 4.57 Å². The number of esters is 1. The first-order chi connectivity index (χ1) is 15.3. The second-order valence-electron chi connectivity index (χ2n) is 6.62. The van der Waals surface area contributed by atoms with Crippen LogP contribution in [0, 0.1) is 10.1 Å². The van der Waals surface area contributed by atoms with Gasteiger partial charge in [0.25, 0.3) is 5.91 Å². The van der Waals surface area contributed by atoms with E-state index < -0.39 is 34.5 Å². The molecule has 162 valence electrons. The molecule has 3 rings (SSSR count). The van der Waals surface area contributed by atoms with Crippen LogP contribution in [0.5, 0.6) is 0 Å². The number of benzene rings is 2. The maximum Gasteiger partial charge on any atom is 0.339 e. The van der Waals surface area contributed by atoms with Gasteiger partial charge in [-0.3, -0.25) is 24.5 Å². The number of hydrogen-bond acceptors (Lipinski definition) is 7. The molecule has 0 saturated heterocycles. The number of Topliss-reactive ketones (excluding diaryl/α,β-unsaturated/α-hetero) is 1. The average molecular weight is 435 g/mol. The SMILES string of the molecule is COC(=O)c1cc([N+](=O)[O-])c(=O)n(CC(=O)c2ccc(NC(=O)c3ccccc3)cc2)c1. The van der Waals surface area contributed by atoms with Crippen molar-refractivity contribution >= 4 is 29.0 Å². The number of ketones is 1. The second kappa shape index (κ2) is 9.47. The van der Waals surface area contributed by atoms with E-state index in [1.165, 1.54) is 24.3 Å². The Kier molecular flexibility index (Phi) is 6.54. The zero-order chi connectivity index (χ0) is 23.3. The highest BCUT2D eigenvalue weighted by Crippen LogP contribution is 2.14. The first-order valence-corrected chi connectivity index (χ1v) is 9.27. The molecule has 0 atom stereocenters. The first kappa shape index (κ1) is 22.1. The lowest BCUT2D eigenvalue weighted by molar-refractivity contribution is -0.386. The van der Waals surface area contributed by atoms with Crippen LogP contribution in [0.15, 0.2) is 71.7 Å². The predicted molar refractivity (Wildman–Crippen MR) is 114 cm³/mol. The van der Waals surface area contributed by atoms with E-state index in [9.17, 15) is 29.3 Å². The molecular formula is C22H17N3O7. The summed E-state index contributed by atoms with van der Waals surface area (Å²) in [5.41, 5.74) is -0.969. The van der Waals surface area contributed by atoms with Gasteiger partial charge in [-0.25, -0.2) is 4.79 Å². The number of carbonyl (C=O) groups excluding carboxylic acids is 3. The molecule has 1 amide bonds. The molecule has 10 heteroatoms. The third-order valence-electron chi connectivity index (χ3n) is 4.50. The minimum absolute atomic E-state index is 0.209. The Labute approximate surface area is 181 Å². The normalized spacial score (nSPS) is 10.3. The lowest BCUT2D eigenvalue weighted by atomic mass is 10.1. The number of rotatable bonds is 7. The molecule has 0 fully saturated rings. The van der Waals surface area contributed by atoms with Crippen LogP contribution in [0.3, 0.4) is 0 Å². The fourth-order valence-electron chi connectivity index (χ4n) is 2.88. The Balaban J connectivity index is 1.79. The molecule has 1 aromatic heterocycles. The van der Waals surface area contributed by atoms with Crippen molar-refractivity contribution in [3.8, 4) is 0 Å². The number of nitro groups is 1. The Morgan fingerprint density at radius 3 is 2.25 bits per heavy atom. The van der Waals surface area contributed by atoms with Gasteiger partial charge in [0.05, 0.1) is 24.1 Å². The molecule has 10 nitrogen and oxygen atoms in total. The quantitative estimate of drug-likeness (QED) is 0.261. The number of methoxy groups -OCH3 is 1. The van der Waals surface area contributed by atoms with Crippen LogP contribution >= 0.6 is 0 Å². The zero-order valence-corrected chi connectivity index (χ0v) is 16.8. The smallest absolute Gasteiger partial charge is 0.339 e. The van der Waals surface area contributed by atoms with Gasteiger partial charge >= 0.3 is 17.2 Å². The van der Waals surface area contributed by atoms with Gasteiger partial charge in [0.2, 0.25) is 0 Å². The number of amides is 1. The highest BCUT2D eigenvalue weighted by atomic mass is 16.6. The fraction of sp³-hybridized carbons (Fsp3) is 0.0909. The highest BCUT2D eigenvalue weighted by molar-refractivity contribution is 6.04. The molecule has 0 saturated carbocycles. The topological polar surface area (TPSA) is 138 Å². The Morgan fingerprint density at radius 2 is 1.66 bits per heavy atom. The lowest BCUT2D eigenvalue weighted by Crippen LogP contribution is -2.27.